The number of carbonyl (C=O) groups excluding carboxylic acids is 1. The van der Waals surface area contributed by atoms with Gasteiger partial charge in [0.25, 0.3) is 5.91 Å². The molecule has 2 aromatic heterocycles. The highest BCUT2D eigenvalue weighted by Gasteiger charge is 2.08. The summed E-state index contributed by atoms with van der Waals surface area (Å²) in [6.07, 6.45) is 4.33. The lowest BCUT2D eigenvalue weighted by Gasteiger charge is -2.06. The molecule has 0 spiro atoms. The van der Waals surface area contributed by atoms with Crippen LogP contribution >= 0.6 is 11.6 Å². The molecule has 1 N–H and O–H groups in total. The first-order chi connectivity index (χ1) is 9.19. The van der Waals surface area contributed by atoms with Crippen LogP contribution in [0.2, 0.25) is 5.15 Å². The number of pyridine rings is 1. The summed E-state index contributed by atoms with van der Waals surface area (Å²) in [7, 11) is 1.53. The number of halogens is 1. The van der Waals surface area contributed by atoms with Crippen molar-refractivity contribution in [2.45, 2.75) is 6.54 Å². The van der Waals surface area contributed by atoms with Crippen LogP contribution in [-0.2, 0) is 6.54 Å². The fourth-order valence-corrected chi connectivity index (χ4v) is 1.54. The van der Waals surface area contributed by atoms with Crippen molar-refractivity contribution in [3.05, 3.63) is 47.1 Å². The summed E-state index contributed by atoms with van der Waals surface area (Å²) in [5.41, 5.74) is 1.05. The summed E-state index contributed by atoms with van der Waals surface area (Å²) >= 11 is 5.67. The highest BCUT2D eigenvalue weighted by Crippen LogP contribution is 2.08. The van der Waals surface area contributed by atoms with Gasteiger partial charge in [0.15, 0.2) is 0 Å². The number of hydrogen-bond donors (Lipinski definition) is 1. The van der Waals surface area contributed by atoms with Gasteiger partial charge in [0, 0.05) is 18.8 Å². The molecule has 6 nitrogen and oxygen atoms in total. The second-order valence-electron chi connectivity index (χ2n) is 3.62. The summed E-state index contributed by atoms with van der Waals surface area (Å²) in [5.74, 6) is 0.153. The van der Waals surface area contributed by atoms with E-state index in [0.29, 0.717) is 12.4 Å². The van der Waals surface area contributed by atoms with Crippen LogP contribution in [0.4, 0.5) is 0 Å². The number of methoxy groups -OCH3 is 1. The summed E-state index contributed by atoms with van der Waals surface area (Å²) in [6, 6.07) is 3.52. The SMILES string of the molecule is COc1cc(CNC(=O)c2cncc(Cl)n2)ccn1. The Morgan fingerprint density at radius 1 is 1.47 bits per heavy atom. The van der Waals surface area contributed by atoms with Gasteiger partial charge in [-0.05, 0) is 11.6 Å². The van der Waals surface area contributed by atoms with E-state index in [9.17, 15) is 4.79 Å². The number of amides is 1. The maximum atomic E-state index is 11.8. The van der Waals surface area contributed by atoms with E-state index in [4.69, 9.17) is 16.3 Å². The minimum atomic E-state index is -0.342. The topological polar surface area (TPSA) is 77.0 Å². The van der Waals surface area contributed by atoms with Gasteiger partial charge in [0.2, 0.25) is 5.88 Å². The molecule has 0 saturated heterocycles. The molecule has 0 aliphatic carbocycles. The molecule has 19 heavy (non-hydrogen) atoms. The van der Waals surface area contributed by atoms with Crippen molar-refractivity contribution in [2.24, 2.45) is 0 Å². The van der Waals surface area contributed by atoms with Gasteiger partial charge in [-0.25, -0.2) is 9.97 Å². The first-order valence-electron chi connectivity index (χ1n) is 5.43. The monoisotopic (exact) mass is 278 g/mol. The molecular formula is C12H11ClN4O2. The van der Waals surface area contributed by atoms with Crippen LogP contribution in [-0.4, -0.2) is 28.0 Å². The molecule has 0 aromatic carbocycles. The third-order valence-electron chi connectivity index (χ3n) is 2.30. The normalized spacial score (nSPS) is 10.0. The number of rotatable bonds is 4. The molecule has 2 rings (SSSR count). The van der Waals surface area contributed by atoms with Gasteiger partial charge in [-0.2, -0.15) is 0 Å². The smallest absolute Gasteiger partial charge is 0.271 e. The third kappa shape index (κ3) is 3.62. The standard InChI is InChI=1S/C12H11ClN4O2/c1-19-11-4-8(2-3-15-11)5-16-12(18)9-6-14-7-10(13)17-9/h2-4,6-7H,5H2,1H3,(H,16,18). The van der Waals surface area contributed by atoms with Crippen LogP contribution in [0.1, 0.15) is 16.1 Å². The van der Waals surface area contributed by atoms with Crippen LogP contribution in [0.15, 0.2) is 30.7 Å². The van der Waals surface area contributed by atoms with Crippen LogP contribution in [0.25, 0.3) is 0 Å². The molecule has 0 atom stereocenters. The number of nitrogens with one attached hydrogen (secondary N) is 1. The molecule has 0 unspecified atom stereocenters. The average molecular weight is 279 g/mol. The van der Waals surface area contributed by atoms with E-state index in [1.54, 1.807) is 18.3 Å². The van der Waals surface area contributed by atoms with E-state index in [0.717, 1.165) is 5.56 Å². The zero-order valence-corrected chi connectivity index (χ0v) is 10.9. The second kappa shape index (κ2) is 6.10. The Hall–Kier alpha value is -2.21. The molecular weight excluding hydrogens is 268 g/mol. The van der Waals surface area contributed by atoms with E-state index in [1.807, 2.05) is 0 Å². The van der Waals surface area contributed by atoms with Crippen molar-refractivity contribution in [1.82, 2.24) is 20.3 Å². The Morgan fingerprint density at radius 3 is 3.05 bits per heavy atom. The van der Waals surface area contributed by atoms with E-state index in [-0.39, 0.29) is 16.8 Å². The number of carbonyl (C=O) groups is 1. The van der Waals surface area contributed by atoms with E-state index < -0.39 is 0 Å². The highest BCUT2D eigenvalue weighted by atomic mass is 35.5. The van der Waals surface area contributed by atoms with Crippen LogP contribution in [0, 0.1) is 0 Å². The third-order valence-corrected chi connectivity index (χ3v) is 2.48. The maximum Gasteiger partial charge on any atom is 0.271 e. The Balaban J connectivity index is 2.00. The van der Waals surface area contributed by atoms with Crippen molar-refractivity contribution >= 4 is 17.5 Å². The van der Waals surface area contributed by atoms with Gasteiger partial charge >= 0.3 is 0 Å². The molecule has 2 heterocycles. The van der Waals surface area contributed by atoms with Gasteiger partial charge < -0.3 is 10.1 Å². The van der Waals surface area contributed by atoms with Crippen molar-refractivity contribution in [3.63, 3.8) is 0 Å². The molecule has 0 aliphatic heterocycles. The maximum absolute atomic E-state index is 11.8. The van der Waals surface area contributed by atoms with Crippen LogP contribution < -0.4 is 10.1 Å². The van der Waals surface area contributed by atoms with Crippen LogP contribution in [0.3, 0.4) is 0 Å². The Bertz CT molecular complexity index is 591. The van der Waals surface area contributed by atoms with Gasteiger partial charge in [-0.15, -0.1) is 0 Å². The van der Waals surface area contributed by atoms with Gasteiger partial charge in [0.05, 0.1) is 19.5 Å². The van der Waals surface area contributed by atoms with E-state index >= 15 is 0 Å². The lowest BCUT2D eigenvalue weighted by atomic mass is 10.2. The largest absolute Gasteiger partial charge is 0.481 e. The van der Waals surface area contributed by atoms with Crippen molar-refractivity contribution in [3.8, 4) is 5.88 Å². The Kier molecular flexibility index (Phi) is 4.25. The molecule has 0 aliphatic rings. The summed E-state index contributed by atoms with van der Waals surface area (Å²) < 4.78 is 5.00. The molecule has 0 radical (unpaired) electrons. The van der Waals surface area contributed by atoms with Gasteiger partial charge in [0.1, 0.15) is 10.8 Å². The zero-order chi connectivity index (χ0) is 13.7. The molecule has 1 amide bonds. The minimum absolute atomic E-state index is 0.175. The quantitative estimate of drug-likeness (QED) is 0.916. The Labute approximate surface area is 114 Å². The van der Waals surface area contributed by atoms with Crippen LogP contribution in [0.5, 0.6) is 5.88 Å². The number of hydrogen-bond acceptors (Lipinski definition) is 5. The van der Waals surface area contributed by atoms with E-state index in [2.05, 4.69) is 20.3 Å². The number of aromatic nitrogens is 3. The molecule has 7 heteroatoms. The van der Waals surface area contributed by atoms with Gasteiger partial charge in [-0.3, -0.25) is 9.78 Å². The fourth-order valence-electron chi connectivity index (χ4n) is 1.40. The zero-order valence-electron chi connectivity index (χ0n) is 10.1. The summed E-state index contributed by atoms with van der Waals surface area (Å²) in [5, 5.41) is 2.89. The minimum Gasteiger partial charge on any atom is -0.481 e. The molecule has 0 fully saturated rings. The van der Waals surface area contributed by atoms with Gasteiger partial charge in [-0.1, -0.05) is 11.6 Å². The number of ether oxygens (including phenoxy) is 1. The lowest BCUT2D eigenvalue weighted by Crippen LogP contribution is -2.24. The second-order valence-corrected chi connectivity index (χ2v) is 4.00. The highest BCUT2D eigenvalue weighted by molar-refractivity contribution is 6.29. The summed E-state index contributed by atoms with van der Waals surface area (Å²) in [6.45, 7) is 0.339. The molecule has 98 valence electrons. The predicted molar refractivity (Wildman–Crippen MR) is 69.0 cm³/mol. The molecule has 0 saturated carbocycles. The van der Waals surface area contributed by atoms with E-state index in [1.165, 1.54) is 19.5 Å². The molecule has 2 aromatic rings. The lowest BCUT2D eigenvalue weighted by molar-refractivity contribution is 0.0945. The first-order valence-corrected chi connectivity index (χ1v) is 5.81. The van der Waals surface area contributed by atoms with Crippen molar-refractivity contribution < 1.29 is 9.53 Å². The predicted octanol–water partition coefficient (Wildman–Crippen LogP) is 1.46. The summed E-state index contributed by atoms with van der Waals surface area (Å²) in [4.78, 5) is 23.5. The average Bonchev–Trinajstić information content (AvgIpc) is 2.45. The number of nitrogens with zero attached hydrogens (tertiary/aromatic N) is 3. The van der Waals surface area contributed by atoms with Crippen molar-refractivity contribution in [1.29, 1.82) is 0 Å². The fraction of sp³-hybridized carbons (Fsp3) is 0.167. The first kappa shape index (κ1) is 13.2. The van der Waals surface area contributed by atoms with Crippen molar-refractivity contribution in [2.75, 3.05) is 7.11 Å². The molecule has 0 bridgehead atoms. The Morgan fingerprint density at radius 2 is 2.32 bits per heavy atom.